The lowest BCUT2D eigenvalue weighted by Gasteiger charge is -2.30. The van der Waals surface area contributed by atoms with Crippen LogP contribution in [0, 0.1) is 5.92 Å². The molecule has 3 heteroatoms. The van der Waals surface area contributed by atoms with E-state index in [1.807, 2.05) is 0 Å². The molecule has 0 aliphatic heterocycles. The van der Waals surface area contributed by atoms with Crippen LogP contribution in [0.15, 0.2) is 61.2 Å². The van der Waals surface area contributed by atoms with Gasteiger partial charge in [-0.05, 0) is 54.6 Å². The second-order valence-electron chi connectivity index (χ2n) is 7.81. The molecule has 0 radical (unpaired) electrons. The summed E-state index contributed by atoms with van der Waals surface area (Å²) in [6, 6.07) is 8.82. The van der Waals surface area contributed by atoms with Gasteiger partial charge in [-0.25, -0.2) is 19.2 Å². The standard InChI is InChI=1S/C22H32N2S/c1-23-13-8-21(9-14-23)22-10-15-24(16-11-22)17-19-25(2,3)18-12-20-6-4-5-7-20/h4,6,8-11,13-16,20H,5,7,12,17-19H2,1-3H3/q+2/t20-/m1/s1. The molecule has 2 nitrogen and oxygen atoms in total. The Balaban J connectivity index is 1.52. The minimum atomic E-state index is -0.492. The van der Waals surface area contributed by atoms with Crippen LogP contribution in [0.1, 0.15) is 19.3 Å². The van der Waals surface area contributed by atoms with E-state index in [4.69, 9.17) is 0 Å². The van der Waals surface area contributed by atoms with E-state index in [2.05, 4.69) is 89.9 Å². The number of pyridine rings is 2. The lowest BCUT2D eigenvalue weighted by atomic mass is 10.1. The third-order valence-corrected chi connectivity index (χ3v) is 7.89. The van der Waals surface area contributed by atoms with E-state index in [9.17, 15) is 0 Å². The minimum absolute atomic E-state index is 0.492. The van der Waals surface area contributed by atoms with Crippen LogP contribution in [0.25, 0.3) is 11.1 Å². The maximum absolute atomic E-state index is 2.50. The van der Waals surface area contributed by atoms with Crippen molar-refractivity contribution in [3.8, 4) is 11.1 Å². The van der Waals surface area contributed by atoms with Gasteiger partial charge in [0.1, 0.15) is 7.05 Å². The Hall–Kier alpha value is -1.61. The Labute approximate surface area is 154 Å². The normalized spacial score (nSPS) is 17.8. The van der Waals surface area contributed by atoms with Crippen molar-refractivity contribution in [2.45, 2.75) is 25.8 Å². The Morgan fingerprint density at radius 2 is 1.60 bits per heavy atom. The first-order valence-corrected chi connectivity index (χ1v) is 12.1. The highest BCUT2D eigenvalue weighted by Crippen LogP contribution is 2.41. The van der Waals surface area contributed by atoms with E-state index in [1.165, 1.54) is 41.9 Å². The van der Waals surface area contributed by atoms with E-state index in [0.29, 0.717) is 0 Å². The SMILES string of the molecule is C[n+]1ccc(-c2cc[n+](CCS(C)(C)CC[C@@H]3C=CCC3)cc2)cc1. The first-order chi connectivity index (χ1) is 12.0. The second-order valence-corrected chi connectivity index (χ2v) is 12.2. The van der Waals surface area contributed by atoms with Crippen molar-refractivity contribution in [1.29, 1.82) is 0 Å². The van der Waals surface area contributed by atoms with Gasteiger partial charge in [-0.1, -0.05) is 12.2 Å². The number of hydrogen-bond acceptors (Lipinski definition) is 0. The van der Waals surface area contributed by atoms with Gasteiger partial charge in [-0.15, -0.1) is 0 Å². The molecule has 1 aliphatic carbocycles. The van der Waals surface area contributed by atoms with Gasteiger partial charge in [0.05, 0.1) is 0 Å². The van der Waals surface area contributed by atoms with Gasteiger partial charge in [0.15, 0.2) is 31.3 Å². The molecule has 0 unspecified atom stereocenters. The third-order valence-electron chi connectivity index (χ3n) is 5.26. The van der Waals surface area contributed by atoms with Crippen LogP contribution in [-0.4, -0.2) is 24.0 Å². The van der Waals surface area contributed by atoms with Crippen molar-refractivity contribution in [3.63, 3.8) is 0 Å². The molecule has 3 rings (SSSR count). The molecule has 0 amide bonds. The van der Waals surface area contributed by atoms with Crippen LogP contribution in [0.3, 0.4) is 0 Å². The fourth-order valence-electron chi connectivity index (χ4n) is 3.35. The Morgan fingerprint density at radius 3 is 2.20 bits per heavy atom. The molecule has 2 aromatic heterocycles. The Bertz CT molecular complexity index is 702. The summed E-state index contributed by atoms with van der Waals surface area (Å²) in [6.45, 7) is 1.13. The molecular weight excluding hydrogens is 324 g/mol. The predicted molar refractivity (Wildman–Crippen MR) is 109 cm³/mol. The fraction of sp³-hybridized carbons (Fsp3) is 0.455. The molecule has 2 aromatic rings. The van der Waals surface area contributed by atoms with Crippen molar-refractivity contribution < 1.29 is 9.13 Å². The quantitative estimate of drug-likeness (QED) is 0.525. The largest absolute Gasteiger partial charge is 0.241 e. The van der Waals surface area contributed by atoms with Crippen molar-refractivity contribution in [1.82, 2.24) is 0 Å². The molecule has 0 saturated heterocycles. The Kier molecular flexibility index (Phi) is 5.95. The van der Waals surface area contributed by atoms with E-state index in [1.54, 1.807) is 0 Å². The van der Waals surface area contributed by atoms with E-state index < -0.39 is 10.0 Å². The van der Waals surface area contributed by atoms with E-state index in [-0.39, 0.29) is 0 Å². The molecule has 0 aromatic carbocycles. The van der Waals surface area contributed by atoms with Crippen molar-refractivity contribution in [2.24, 2.45) is 13.0 Å². The molecule has 0 spiro atoms. The van der Waals surface area contributed by atoms with Gasteiger partial charge in [0, 0.05) is 30.0 Å². The van der Waals surface area contributed by atoms with Crippen LogP contribution in [0.2, 0.25) is 0 Å². The zero-order valence-corrected chi connectivity index (χ0v) is 16.7. The van der Waals surface area contributed by atoms with Crippen molar-refractivity contribution in [2.75, 3.05) is 24.0 Å². The average Bonchev–Trinajstić information content (AvgIpc) is 3.13. The summed E-state index contributed by atoms with van der Waals surface area (Å²) in [5.41, 5.74) is 2.57. The summed E-state index contributed by atoms with van der Waals surface area (Å²) >= 11 is 0. The van der Waals surface area contributed by atoms with Crippen LogP contribution in [0.4, 0.5) is 0 Å². The molecule has 0 bridgehead atoms. The highest BCUT2D eigenvalue weighted by atomic mass is 32.3. The van der Waals surface area contributed by atoms with E-state index in [0.717, 1.165) is 12.5 Å². The molecule has 0 saturated carbocycles. The number of aryl methyl sites for hydroxylation is 2. The monoisotopic (exact) mass is 356 g/mol. The van der Waals surface area contributed by atoms with Gasteiger partial charge < -0.3 is 0 Å². The zero-order chi connectivity index (χ0) is 17.7. The second kappa shape index (κ2) is 8.18. The molecule has 134 valence electrons. The fourth-order valence-corrected chi connectivity index (χ4v) is 5.20. The predicted octanol–water partition coefficient (Wildman–Crippen LogP) is 3.89. The van der Waals surface area contributed by atoms with Crippen LogP contribution in [0.5, 0.6) is 0 Å². The smallest absolute Gasteiger partial charge is 0.169 e. The van der Waals surface area contributed by atoms with Gasteiger partial charge in [-0.3, -0.25) is 0 Å². The molecule has 0 N–H and O–H groups in total. The number of nitrogens with zero attached hydrogens (tertiary/aromatic N) is 2. The molecule has 2 heterocycles. The van der Waals surface area contributed by atoms with Crippen LogP contribution in [-0.2, 0) is 13.6 Å². The molecule has 25 heavy (non-hydrogen) atoms. The number of rotatable bonds is 7. The van der Waals surface area contributed by atoms with E-state index >= 15 is 0 Å². The first-order valence-electron chi connectivity index (χ1n) is 9.32. The van der Waals surface area contributed by atoms with Gasteiger partial charge >= 0.3 is 0 Å². The number of allylic oxidation sites excluding steroid dienone is 2. The maximum Gasteiger partial charge on any atom is 0.169 e. The molecule has 0 fully saturated rings. The summed E-state index contributed by atoms with van der Waals surface area (Å²) in [5.74, 6) is 3.57. The third kappa shape index (κ3) is 5.43. The summed E-state index contributed by atoms with van der Waals surface area (Å²) in [5, 5.41) is 0. The minimum Gasteiger partial charge on any atom is -0.241 e. The number of hydrogen-bond donors (Lipinski definition) is 0. The van der Waals surface area contributed by atoms with Gasteiger partial charge in [-0.2, -0.15) is 0 Å². The van der Waals surface area contributed by atoms with Crippen molar-refractivity contribution >= 4 is 10.0 Å². The molecular formula is C22H32N2S+2. The summed E-state index contributed by atoms with van der Waals surface area (Å²) in [6.07, 6.45) is 22.5. The van der Waals surface area contributed by atoms with Crippen LogP contribution >= 0.6 is 10.0 Å². The maximum atomic E-state index is 2.50. The lowest BCUT2D eigenvalue weighted by molar-refractivity contribution is -0.692. The van der Waals surface area contributed by atoms with Gasteiger partial charge in [0.2, 0.25) is 0 Å². The first kappa shape index (κ1) is 18.2. The highest BCUT2D eigenvalue weighted by Gasteiger charge is 2.18. The topological polar surface area (TPSA) is 7.76 Å². The highest BCUT2D eigenvalue weighted by molar-refractivity contribution is 8.32. The summed E-state index contributed by atoms with van der Waals surface area (Å²) in [7, 11) is 1.56. The molecule has 1 atom stereocenters. The lowest BCUT2D eigenvalue weighted by Crippen LogP contribution is -2.35. The number of aromatic nitrogens is 2. The van der Waals surface area contributed by atoms with Crippen molar-refractivity contribution in [3.05, 3.63) is 61.2 Å². The van der Waals surface area contributed by atoms with Crippen LogP contribution < -0.4 is 9.13 Å². The Morgan fingerprint density at radius 1 is 0.960 bits per heavy atom. The zero-order valence-electron chi connectivity index (χ0n) is 15.9. The van der Waals surface area contributed by atoms with Gasteiger partial charge in [0.25, 0.3) is 0 Å². The molecule has 1 aliphatic rings. The summed E-state index contributed by atoms with van der Waals surface area (Å²) < 4.78 is 4.41. The summed E-state index contributed by atoms with van der Waals surface area (Å²) in [4.78, 5) is 0. The average molecular weight is 357 g/mol.